The molecule has 2 aromatic carbocycles. The predicted molar refractivity (Wildman–Crippen MR) is 97.9 cm³/mol. The molecule has 4 rings (SSSR count). The summed E-state index contributed by atoms with van der Waals surface area (Å²) in [5.74, 6) is -1.25. The van der Waals surface area contributed by atoms with Crippen molar-refractivity contribution in [1.82, 2.24) is 10.3 Å². The van der Waals surface area contributed by atoms with E-state index in [1.807, 2.05) is 6.20 Å². The molecule has 140 valence electrons. The minimum atomic E-state index is -0.601. The number of hydrogen-bond acceptors (Lipinski definition) is 3. The molecule has 0 fully saturated rings. The van der Waals surface area contributed by atoms with Crippen molar-refractivity contribution in [3.8, 4) is 5.75 Å². The number of benzene rings is 2. The van der Waals surface area contributed by atoms with Gasteiger partial charge >= 0.3 is 0 Å². The lowest BCUT2D eigenvalue weighted by Crippen LogP contribution is -2.41. The van der Waals surface area contributed by atoms with E-state index in [4.69, 9.17) is 10.5 Å². The summed E-state index contributed by atoms with van der Waals surface area (Å²) in [6.07, 6.45) is 3.02. The Bertz CT molecular complexity index is 1020. The van der Waals surface area contributed by atoms with Crippen LogP contribution in [0.2, 0.25) is 0 Å². The highest BCUT2D eigenvalue weighted by Gasteiger charge is 2.26. The second kappa shape index (κ2) is 7.00. The molecule has 27 heavy (non-hydrogen) atoms. The van der Waals surface area contributed by atoms with E-state index < -0.39 is 11.7 Å². The standard InChI is InChI=1S/C20H19F2N3O2/c21-12-1-4-18-15(7-12)11(9-25-18)5-6-24-13-8-16-14(20(23)26)2-3-17(22)19(16)27-10-13/h1-4,7,9,13,24-25H,5-6,8,10H2,(H2,23,26). The molecule has 1 aliphatic heterocycles. The summed E-state index contributed by atoms with van der Waals surface area (Å²) in [6.45, 7) is 0.933. The lowest BCUT2D eigenvalue weighted by Gasteiger charge is -2.27. The van der Waals surface area contributed by atoms with Gasteiger partial charge in [0.15, 0.2) is 11.6 Å². The zero-order chi connectivity index (χ0) is 19.0. The first-order valence-corrected chi connectivity index (χ1v) is 8.76. The number of ether oxygens (including phenoxy) is 1. The number of H-pyrrole nitrogens is 1. The maximum atomic E-state index is 13.9. The first-order valence-electron chi connectivity index (χ1n) is 8.76. The van der Waals surface area contributed by atoms with Crippen LogP contribution < -0.4 is 15.8 Å². The molecular weight excluding hydrogens is 352 g/mol. The highest BCUT2D eigenvalue weighted by Crippen LogP contribution is 2.31. The Morgan fingerprint density at radius 1 is 1.30 bits per heavy atom. The molecule has 5 nitrogen and oxygen atoms in total. The molecule has 2 heterocycles. The minimum absolute atomic E-state index is 0.0701. The van der Waals surface area contributed by atoms with Crippen molar-refractivity contribution >= 4 is 16.8 Å². The zero-order valence-electron chi connectivity index (χ0n) is 14.5. The van der Waals surface area contributed by atoms with E-state index >= 15 is 0 Å². The van der Waals surface area contributed by atoms with Gasteiger partial charge < -0.3 is 20.8 Å². The molecule has 0 radical (unpaired) electrons. The van der Waals surface area contributed by atoms with Gasteiger partial charge in [0.1, 0.15) is 12.4 Å². The molecule has 1 unspecified atom stereocenters. The molecular formula is C20H19F2N3O2. The molecule has 0 saturated carbocycles. The van der Waals surface area contributed by atoms with Crippen LogP contribution in [-0.2, 0) is 12.8 Å². The minimum Gasteiger partial charge on any atom is -0.489 e. The van der Waals surface area contributed by atoms with Crippen molar-refractivity contribution in [2.45, 2.75) is 18.9 Å². The number of nitrogens with two attached hydrogens (primary N) is 1. The number of hydrogen-bond donors (Lipinski definition) is 3. The summed E-state index contributed by atoms with van der Waals surface area (Å²) in [5.41, 5.74) is 8.08. The average molecular weight is 371 g/mol. The smallest absolute Gasteiger partial charge is 0.249 e. The summed E-state index contributed by atoms with van der Waals surface area (Å²) in [4.78, 5) is 14.7. The monoisotopic (exact) mass is 371 g/mol. The second-order valence-corrected chi connectivity index (χ2v) is 6.69. The molecule has 0 aliphatic carbocycles. The molecule has 1 aliphatic rings. The number of rotatable bonds is 5. The van der Waals surface area contributed by atoms with Gasteiger partial charge in [-0.1, -0.05) is 0 Å². The molecule has 0 saturated heterocycles. The first kappa shape index (κ1) is 17.5. The number of carbonyl (C=O) groups excluding carboxylic acids is 1. The fourth-order valence-corrected chi connectivity index (χ4v) is 3.58. The normalized spacial score (nSPS) is 16.1. The van der Waals surface area contributed by atoms with Gasteiger partial charge in [-0.2, -0.15) is 0 Å². The molecule has 0 spiro atoms. The SMILES string of the molecule is NC(=O)c1ccc(F)c2c1CC(NCCc1c[nH]c3ccc(F)cc13)CO2. The number of aromatic amines is 1. The maximum absolute atomic E-state index is 13.9. The topological polar surface area (TPSA) is 80.1 Å². The highest BCUT2D eigenvalue weighted by atomic mass is 19.1. The van der Waals surface area contributed by atoms with Crippen molar-refractivity contribution in [3.63, 3.8) is 0 Å². The number of halogens is 2. The fourth-order valence-electron chi connectivity index (χ4n) is 3.58. The Kier molecular flexibility index (Phi) is 4.53. The fraction of sp³-hybridized carbons (Fsp3) is 0.250. The van der Waals surface area contributed by atoms with Crippen molar-refractivity contribution < 1.29 is 18.3 Å². The van der Waals surface area contributed by atoms with Crippen LogP contribution in [0.25, 0.3) is 10.9 Å². The summed E-state index contributed by atoms with van der Waals surface area (Å²) in [5, 5.41) is 4.22. The Morgan fingerprint density at radius 2 is 2.15 bits per heavy atom. The largest absolute Gasteiger partial charge is 0.489 e. The number of carbonyl (C=O) groups is 1. The number of primary amides is 1. The quantitative estimate of drug-likeness (QED) is 0.645. The second-order valence-electron chi connectivity index (χ2n) is 6.69. The molecule has 0 bridgehead atoms. The third kappa shape index (κ3) is 3.38. The lowest BCUT2D eigenvalue weighted by atomic mass is 9.96. The van der Waals surface area contributed by atoms with Gasteiger partial charge in [-0.25, -0.2) is 8.78 Å². The van der Waals surface area contributed by atoms with Gasteiger partial charge in [-0.3, -0.25) is 4.79 Å². The van der Waals surface area contributed by atoms with Gasteiger partial charge in [0.25, 0.3) is 0 Å². The van der Waals surface area contributed by atoms with Gasteiger partial charge in [-0.15, -0.1) is 0 Å². The van der Waals surface area contributed by atoms with E-state index in [-0.39, 0.29) is 23.2 Å². The summed E-state index contributed by atoms with van der Waals surface area (Å²) in [6, 6.07) is 7.18. The Morgan fingerprint density at radius 3 is 2.96 bits per heavy atom. The molecule has 1 aromatic heterocycles. The zero-order valence-corrected chi connectivity index (χ0v) is 14.5. The number of amides is 1. The molecule has 3 aromatic rings. The third-order valence-electron chi connectivity index (χ3n) is 4.91. The first-order chi connectivity index (χ1) is 13.0. The molecule has 1 atom stereocenters. The van der Waals surface area contributed by atoms with E-state index in [0.717, 1.165) is 16.5 Å². The highest BCUT2D eigenvalue weighted by molar-refractivity contribution is 5.95. The van der Waals surface area contributed by atoms with Crippen molar-refractivity contribution in [3.05, 3.63) is 64.9 Å². The average Bonchev–Trinajstić information content (AvgIpc) is 3.04. The molecule has 4 N–H and O–H groups in total. The number of fused-ring (bicyclic) bond motifs is 2. The molecule has 7 heteroatoms. The van der Waals surface area contributed by atoms with Crippen LogP contribution in [-0.4, -0.2) is 30.1 Å². The van der Waals surface area contributed by atoms with Crippen LogP contribution in [0, 0.1) is 11.6 Å². The Balaban J connectivity index is 1.44. The summed E-state index contributed by atoms with van der Waals surface area (Å²) >= 11 is 0. The predicted octanol–water partition coefficient (Wildman–Crippen LogP) is 2.68. The van der Waals surface area contributed by atoms with Crippen LogP contribution in [0.3, 0.4) is 0 Å². The molecule has 1 amide bonds. The van der Waals surface area contributed by atoms with Crippen LogP contribution in [0.1, 0.15) is 21.5 Å². The third-order valence-corrected chi connectivity index (χ3v) is 4.91. The van der Waals surface area contributed by atoms with Crippen molar-refractivity contribution in [1.29, 1.82) is 0 Å². The van der Waals surface area contributed by atoms with Crippen LogP contribution in [0.5, 0.6) is 5.75 Å². The van der Waals surface area contributed by atoms with E-state index in [2.05, 4.69) is 10.3 Å². The Labute approximate surface area is 154 Å². The van der Waals surface area contributed by atoms with Gasteiger partial charge in [0.05, 0.1) is 0 Å². The van der Waals surface area contributed by atoms with Gasteiger partial charge in [0, 0.05) is 34.3 Å². The van der Waals surface area contributed by atoms with Crippen LogP contribution >= 0.6 is 0 Å². The van der Waals surface area contributed by atoms with Crippen LogP contribution in [0.4, 0.5) is 8.78 Å². The summed E-state index contributed by atoms with van der Waals surface area (Å²) < 4.78 is 32.9. The number of aromatic nitrogens is 1. The van der Waals surface area contributed by atoms with E-state index in [0.29, 0.717) is 31.6 Å². The van der Waals surface area contributed by atoms with E-state index in [1.165, 1.54) is 24.3 Å². The lowest BCUT2D eigenvalue weighted by molar-refractivity contribution is 0.0997. The Hall–Kier alpha value is -2.93. The number of nitrogens with one attached hydrogen (secondary N) is 2. The van der Waals surface area contributed by atoms with Crippen molar-refractivity contribution in [2.75, 3.05) is 13.2 Å². The van der Waals surface area contributed by atoms with Crippen molar-refractivity contribution in [2.24, 2.45) is 5.73 Å². The van der Waals surface area contributed by atoms with E-state index in [9.17, 15) is 13.6 Å². The summed E-state index contributed by atoms with van der Waals surface area (Å²) in [7, 11) is 0. The van der Waals surface area contributed by atoms with Gasteiger partial charge in [-0.05, 0) is 55.3 Å². The van der Waals surface area contributed by atoms with E-state index in [1.54, 1.807) is 6.07 Å². The van der Waals surface area contributed by atoms with Gasteiger partial charge in [0.2, 0.25) is 5.91 Å². The van der Waals surface area contributed by atoms with Crippen LogP contribution in [0.15, 0.2) is 36.5 Å². The maximum Gasteiger partial charge on any atom is 0.249 e.